The van der Waals surface area contributed by atoms with Gasteiger partial charge in [-0.1, -0.05) is 249 Å². The Bertz CT molecular complexity index is 5040. The fraction of sp³-hybridized carbons (Fsp3) is 0.0118. The smallest absolute Gasteiger partial charge is 0.137 e. The number of hydrogen-bond acceptors (Lipinski definition) is 3. The van der Waals surface area contributed by atoms with E-state index >= 15 is 0 Å². The van der Waals surface area contributed by atoms with Crippen LogP contribution in [0.15, 0.2) is 344 Å². The van der Waals surface area contributed by atoms with Gasteiger partial charge in [0.15, 0.2) is 0 Å². The van der Waals surface area contributed by atoms with Crippen LogP contribution in [0, 0.1) is 0 Å². The van der Waals surface area contributed by atoms with Gasteiger partial charge in [0, 0.05) is 51.0 Å². The molecule has 2 aliphatic rings. The predicted octanol–water partition coefficient (Wildman–Crippen LogP) is 23.2. The van der Waals surface area contributed by atoms with E-state index in [4.69, 9.17) is 4.42 Å². The predicted molar refractivity (Wildman–Crippen MR) is 367 cm³/mol. The van der Waals surface area contributed by atoms with Gasteiger partial charge in [0.1, 0.15) is 11.2 Å². The summed E-state index contributed by atoms with van der Waals surface area (Å²) in [7, 11) is 0. The van der Waals surface area contributed by atoms with Crippen molar-refractivity contribution in [2.24, 2.45) is 0 Å². The summed E-state index contributed by atoms with van der Waals surface area (Å²) in [5.74, 6) is 0. The SMILES string of the molecule is c1ccc(-c2ccc(N(c3ccc(-c4cccc(-c5ccc(-c6ccc(N(c7ccc(-c8ccccc8)cc7)c7ccc8c(c7)oc7ccccc78)cc6)cc5)c4)cc3)c3ccc4c(c3)C3(c5ccccc5-c5ccccc53)c3ccccc3-4)cc2)cc1. The highest BCUT2D eigenvalue weighted by Gasteiger charge is 2.51. The highest BCUT2D eigenvalue weighted by atomic mass is 16.3. The summed E-state index contributed by atoms with van der Waals surface area (Å²) >= 11 is 0. The lowest BCUT2D eigenvalue weighted by atomic mass is 9.70. The molecule has 2 aliphatic carbocycles. The molecule has 1 aromatic heterocycles. The normalized spacial score (nSPS) is 12.4. The highest BCUT2D eigenvalue weighted by Crippen LogP contribution is 2.63. The van der Waals surface area contributed by atoms with Gasteiger partial charge in [0.05, 0.1) is 5.41 Å². The summed E-state index contributed by atoms with van der Waals surface area (Å²) in [5, 5.41) is 2.23. The number of nitrogens with zero attached hydrogens (tertiary/aromatic N) is 2. The molecule has 0 amide bonds. The second-order valence-electron chi connectivity index (χ2n) is 23.1. The Hall–Kier alpha value is -11.5. The zero-order valence-corrected chi connectivity index (χ0v) is 48.1. The average molecular weight is 1120 g/mol. The monoisotopic (exact) mass is 1120 g/mol. The van der Waals surface area contributed by atoms with Crippen molar-refractivity contribution in [2.75, 3.05) is 9.80 Å². The van der Waals surface area contributed by atoms with Crippen molar-refractivity contribution in [1.82, 2.24) is 0 Å². The van der Waals surface area contributed by atoms with Gasteiger partial charge in [-0.2, -0.15) is 0 Å². The third-order valence-corrected chi connectivity index (χ3v) is 18.3. The van der Waals surface area contributed by atoms with Crippen molar-refractivity contribution in [2.45, 2.75) is 5.41 Å². The summed E-state index contributed by atoms with van der Waals surface area (Å²) in [4.78, 5) is 4.74. The third kappa shape index (κ3) is 8.42. The van der Waals surface area contributed by atoms with Crippen LogP contribution in [-0.2, 0) is 5.41 Å². The number of fused-ring (bicyclic) bond motifs is 13. The minimum Gasteiger partial charge on any atom is -0.456 e. The first kappa shape index (κ1) is 50.9. The third-order valence-electron chi connectivity index (χ3n) is 18.3. The van der Waals surface area contributed by atoms with E-state index in [2.05, 4.69) is 337 Å². The molecule has 0 radical (unpaired) electrons. The van der Waals surface area contributed by atoms with Gasteiger partial charge >= 0.3 is 0 Å². The van der Waals surface area contributed by atoms with Crippen molar-refractivity contribution in [3.8, 4) is 77.9 Å². The molecule has 0 saturated carbocycles. The van der Waals surface area contributed by atoms with Gasteiger partial charge in [-0.25, -0.2) is 0 Å². The Labute approximate surface area is 512 Å². The second-order valence-corrected chi connectivity index (χ2v) is 23.1. The minimum atomic E-state index is -0.450. The molecule has 1 spiro atoms. The summed E-state index contributed by atoms with van der Waals surface area (Å²) in [5.41, 5.74) is 30.0. The molecule has 0 bridgehead atoms. The second kappa shape index (κ2) is 20.9. The van der Waals surface area contributed by atoms with E-state index in [1.165, 1.54) is 77.9 Å². The minimum absolute atomic E-state index is 0.450. The summed E-state index contributed by atoms with van der Waals surface area (Å²) in [6.45, 7) is 0. The van der Waals surface area contributed by atoms with Crippen molar-refractivity contribution >= 4 is 56.1 Å². The van der Waals surface area contributed by atoms with Crippen LogP contribution in [0.3, 0.4) is 0 Å². The van der Waals surface area contributed by atoms with Crippen LogP contribution in [0.2, 0.25) is 0 Å². The van der Waals surface area contributed by atoms with E-state index in [1.807, 2.05) is 12.1 Å². The summed E-state index contributed by atoms with van der Waals surface area (Å²) in [6.07, 6.45) is 0. The van der Waals surface area contributed by atoms with Crippen LogP contribution in [-0.4, -0.2) is 0 Å². The van der Waals surface area contributed by atoms with Gasteiger partial charge in [0.2, 0.25) is 0 Å². The van der Waals surface area contributed by atoms with E-state index in [1.54, 1.807) is 0 Å². The number of rotatable bonds is 11. The lowest BCUT2D eigenvalue weighted by molar-refractivity contribution is 0.669. The van der Waals surface area contributed by atoms with Crippen molar-refractivity contribution in [1.29, 1.82) is 0 Å². The fourth-order valence-electron chi connectivity index (χ4n) is 14.2. The Morgan fingerprint density at radius 1 is 0.193 bits per heavy atom. The topological polar surface area (TPSA) is 19.6 Å². The van der Waals surface area contributed by atoms with E-state index in [9.17, 15) is 0 Å². The molecule has 0 atom stereocenters. The molecule has 0 N–H and O–H groups in total. The molecule has 15 aromatic rings. The zero-order valence-electron chi connectivity index (χ0n) is 48.1. The lowest BCUT2D eigenvalue weighted by Gasteiger charge is -2.32. The molecule has 3 heteroatoms. The quantitative estimate of drug-likeness (QED) is 0.129. The summed E-state index contributed by atoms with van der Waals surface area (Å²) < 4.78 is 6.41. The molecule has 0 unspecified atom stereocenters. The molecule has 0 aliphatic heterocycles. The Morgan fingerprint density at radius 2 is 0.511 bits per heavy atom. The largest absolute Gasteiger partial charge is 0.456 e. The van der Waals surface area contributed by atoms with E-state index < -0.39 is 5.41 Å². The number of furan rings is 1. The molecule has 412 valence electrons. The molecular formula is C85H56N2O. The van der Waals surface area contributed by atoms with Gasteiger partial charge in [-0.05, 0) is 185 Å². The van der Waals surface area contributed by atoms with Crippen LogP contribution in [0.25, 0.3) is 99.8 Å². The maximum atomic E-state index is 6.41. The fourth-order valence-corrected chi connectivity index (χ4v) is 14.2. The molecule has 88 heavy (non-hydrogen) atoms. The van der Waals surface area contributed by atoms with Crippen LogP contribution in [0.5, 0.6) is 0 Å². The Morgan fingerprint density at radius 3 is 0.977 bits per heavy atom. The Balaban J connectivity index is 0.679. The molecule has 14 aromatic carbocycles. The van der Waals surface area contributed by atoms with Gasteiger partial charge in [-0.3, -0.25) is 0 Å². The van der Waals surface area contributed by atoms with Crippen molar-refractivity contribution in [3.63, 3.8) is 0 Å². The van der Waals surface area contributed by atoms with Crippen molar-refractivity contribution in [3.05, 3.63) is 362 Å². The van der Waals surface area contributed by atoms with E-state index in [-0.39, 0.29) is 0 Å². The first-order valence-electron chi connectivity index (χ1n) is 30.3. The van der Waals surface area contributed by atoms with Crippen LogP contribution in [0.1, 0.15) is 22.3 Å². The van der Waals surface area contributed by atoms with Crippen molar-refractivity contribution < 1.29 is 4.42 Å². The number of benzene rings is 14. The Kier molecular flexibility index (Phi) is 12.1. The number of anilines is 6. The first-order chi connectivity index (χ1) is 43.6. The van der Waals surface area contributed by atoms with Gasteiger partial charge in [0.25, 0.3) is 0 Å². The number of hydrogen-bond donors (Lipinski definition) is 0. The number of para-hydroxylation sites is 1. The maximum Gasteiger partial charge on any atom is 0.137 e. The highest BCUT2D eigenvalue weighted by molar-refractivity contribution is 6.06. The molecule has 0 fully saturated rings. The van der Waals surface area contributed by atoms with Crippen LogP contribution < -0.4 is 9.80 Å². The average Bonchev–Trinajstić information content (AvgIpc) is 1.58. The molecule has 17 rings (SSSR count). The van der Waals surface area contributed by atoms with E-state index in [0.717, 1.165) is 78.3 Å². The van der Waals surface area contributed by atoms with Gasteiger partial charge in [-0.15, -0.1) is 0 Å². The first-order valence-corrected chi connectivity index (χ1v) is 30.3. The molecular weight excluding hydrogens is 1060 g/mol. The molecule has 3 nitrogen and oxygen atoms in total. The maximum absolute atomic E-state index is 6.41. The summed E-state index contributed by atoms with van der Waals surface area (Å²) in [6, 6.07) is 124. The molecule has 0 saturated heterocycles. The lowest BCUT2D eigenvalue weighted by Crippen LogP contribution is -2.26. The molecule has 1 heterocycles. The van der Waals surface area contributed by atoms with Gasteiger partial charge < -0.3 is 14.2 Å². The zero-order chi connectivity index (χ0) is 58.1. The standard InChI is InChI=1S/C85H56N2O/c1-3-16-57(17-4-1)60-34-42-67(43-35-60)86(71-50-52-76-75-24-9-13-28-81(75)85(82(76)55-71)79-26-11-7-22-73(79)74-23-8-12-27-80(74)85)68-48-40-64(41-49-68)66-21-15-20-65(54-66)63-32-30-59(31-33-63)62-38-46-70(47-39-62)87(69-44-36-61(37-45-69)58-18-5-2-6-19-58)72-51-53-78-77-25-10-14-29-83(77)88-84(78)56-72/h1-56H. The van der Waals surface area contributed by atoms with Crippen LogP contribution in [0.4, 0.5) is 34.1 Å². The van der Waals surface area contributed by atoms with E-state index in [0.29, 0.717) is 0 Å². The van der Waals surface area contributed by atoms with Crippen LogP contribution >= 0.6 is 0 Å².